The number of nitrogens with one attached hydrogen (secondary N) is 2. The van der Waals surface area contributed by atoms with Gasteiger partial charge in [-0.2, -0.15) is 0 Å². The molecule has 0 unspecified atom stereocenters. The van der Waals surface area contributed by atoms with Crippen LogP contribution >= 0.6 is 0 Å². The quantitative estimate of drug-likeness (QED) is 0.163. The van der Waals surface area contributed by atoms with Gasteiger partial charge in [-0.3, -0.25) is 19.8 Å². The van der Waals surface area contributed by atoms with E-state index in [1.165, 1.54) is 13.8 Å². The van der Waals surface area contributed by atoms with Gasteiger partial charge in [-0.05, 0) is 13.8 Å². The molecule has 7 nitrogen and oxygen atoms in total. The van der Waals surface area contributed by atoms with Crippen molar-refractivity contribution < 1.29 is 14.4 Å². The lowest BCUT2D eigenvalue weighted by atomic mass is 10.1. The molecule has 0 spiro atoms. The van der Waals surface area contributed by atoms with E-state index in [4.69, 9.17) is 11.6 Å². The molecule has 6 N–H and O–H groups in total. The molecule has 0 aliphatic carbocycles. The molecule has 0 aromatic rings. The van der Waals surface area contributed by atoms with Crippen LogP contribution in [0.2, 0.25) is 0 Å². The molecule has 0 atom stereocenters. The highest BCUT2D eigenvalue weighted by molar-refractivity contribution is 6.35. The minimum absolute atomic E-state index is 0.745. The summed E-state index contributed by atoms with van der Waals surface area (Å²) in [7, 11) is 0. The van der Waals surface area contributed by atoms with Crippen LogP contribution in [-0.4, -0.2) is 23.3 Å². The fourth-order valence-corrected chi connectivity index (χ4v) is 0.468. The number of hydrazine groups is 1. The van der Waals surface area contributed by atoms with Gasteiger partial charge in [0.25, 0.3) is 0 Å². The van der Waals surface area contributed by atoms with Crippen LogP contribution < -0.4 is 22.3 Å². The Morgan fingerprint density at radius 3 is 1.92 bits per heavy atom. The number of hydrogen-bond donors (Lipinski definition) is 4. The second-order valence-electron chi connectivity index (χ2n) is 2.92. The first kappa shape index (κ1) is 11.4. The zero-order chi connectivity index (χ0) is 10.6. The van der Waals surface area contributed by atoms with Crippen molar-refractivity contribution in [1.82, 2.24) is 10.7 Å². The van der Waals surface area contributed by atoms with Gasteiger partial charge in [-0.1, -0.05) is 0 Å². The molecule has 0 rings (SSSR count). The third-order valence-corrected chi connectivity index (χ3v) is 1.38. The first-order chi connectivity index (χ1) is 5.81. The monoisotopic (exact) mass is 188 g/mol. The number of primary amides is 1. The number of nitrogens with two attached hydrogens (primary N) is 2. The van der Waals surface area contributed by atoms with Crippen molar-refractivity contribution in [3.05, 3.63) is 0 Å². The molecule has 0 aliphatic rings. The highest BCUT2D eigenvalue weighted by Gasteiger charge is 2.29. The fourth-order valence-electron chi connectivity index (χ4n) is 0.468. The highest BCUT2D eigenvalue weighted by Crippen LogP contribution is 1.99. The maximum Gasteiger partial charge on any atom is 0.323 e. The predicted molar refractivity (Wildman–Crippen MR) is 43.7 cm³/mol. The average molecular weight is 188 g/mol. The van der Waals surface area contributed by atoms with E-state index in [0.29, 0.717) is 0 Å². The zero-order valence-electron chi connectivity index (χ0n) is 7.38. The van der Waals surface area contributed by atoms with Gasteiger partial charge in [0.15, 0.2) is 0 Å². The number of carbonyl (C=O) groups is 3. The highest BCUT2D eigenvalue weighted by atomic mass is 16.2. The van der Waals surface area contributed by atoms with Crippen molar-refractivity contribution >= 4 is 17.7 Å². The maximum absolute atomic E-state index is 10.9. The Morgan fingerprint density at radius 1 is 1.15 bits per heavy atom. The molecule has 0 saturated carbocycles. The van der Waals surface area contributed by atoms with Gasteiger partial charge in [-0.15, -0.1) is 0 Å². The molecule has 0 saturated heterocycles. The van der Waals surface area contributed by atoms with Gasteiger partial charge < -0.3 is 11.1 Å². The molecule has 0 heterocycles. The number of rotatable bonds is 2. The van der Waals surface area contributed by atoms with Gasteiger partial charge in [-0.25, -0.2) is 5.84 Å². The molecular weight excluding hydrogens is 176 g/mol. The first-order valence-corrected chi connectivity index (χ1v) is 3.44. The Kier molecular flexibility index (Phi) is 3.37. The zero-order valence-corrected chi connectivity index (χ0v) is 7.38. The Labute approximate surface area is 74.8 Å². The molecule has 0 aromatic heterocycles. The summed E-state index contributed by atoms with van der Waals surface area (Å²) < 4.78 is 0. The molecule has 0 aromatic carbocycles. The third kappa shape index (κ3) is 3.08. The van der Waals surface area contributed by atoms with Crippen LogP contribution in [0.15, 0.2) is 0 Å². The Bertz CT molecular complexity index is 248. The second kappa shape index (κ2) is 3.85. The van der Waals surface area contributed by atoms with E-state index in [2.05, 4.69) is 5.32 Å². The Hall–Kier alpha value is -1.63. The van der Waals surface area contributed by atoms with Gasteiger partial charge in [0.05, 0.1) is 0 Å². The van der Waals surface area contributed by atoms with Crippen molar-refractivity contribution in [2.24, 2.45) is 11.6 Å². The van der Waals surface area contributed by atoms with E-state index >= 15 is 0 Å². The summed E-state index contributed by atoms with van der Waals surface area (Å²) >= 11 is 0. The Morgan fingerprint density at radius 2 is 1.62 bits per heavy atom. The van der Waals surface area contributed by atoms with Crippen molar-refractivity contribution in [2.45, 2.75) is 19.4 Å². The van der Waals surface area contributed by atoms with Crippen LogP contribution in [0.1, 0.15) is 13.8 Å². The van der Waals surface area contributed by atoms with Crippen LogP contribution in [0.3, 0.4) is 0 Å². The van der Waals surface area contributed by atoms with Gasteiger partial charge in [0.2, 0.25) is 5.91 Å². The summed E-state index contributed by atoms with van der Waals surface area (Å²) in [4.78, 5) is 32.2. The van der Waals surface area contributed by atoms with Crippen LogP contribution in [0, 0.1) is 0 Å². The van der Waals surface area contributed by atoms with E-state index in [0.717, 1.165) is 0 Å². The molecule has 7 heteroatoms. The summed E-state index contributed by atoms with van der Waals surface area (Å²) in [5.74, 6) is 1.91. The molecule has 74 valence electrons. The average Bonchev–Trinajstić information content (AvgIpc) is 2.01. The Balaban J connectivity index is 4.37. The smallest absolute Gasteiger partial charge is 0.323 e. The third-order valence-electron chi connectivity index (χ3n) is 1.38. The lowest BCUT2D eigenvalue weighted by Gasteiger charge is -2.21. The fraction of sp³-hybridized carbons (Fsp3) is 0.500. The van der Waals surface area contributed by atoms with E-state index in [1.807, 2.05) is 0 Å². The summed E-state index contributed by atoms with van der Waals surface area (Å²) in [6, 6.07) is 0. The van der Waals surface area contributed by atoms with Crippen molar-refractivity contribution in [2.75, 3.05) is 0 Å². The summed E-state index contributed by atoms with van der Waals surface area (Å²) in [5.41, 5.74) is 5.29. The van der Waals surface area contributed by atoms with Gasteiger partial charge in [0, 0.05) is 0 Å². The molecule has 0 fully saturated rings. The second-order valence-corrected chi connectivity index (χ2v) is 2.92. The normalized spacial score (nSPS) is 10.4. The molecule has 13 heavy (non-hydrogen) atoms. The first-order valence-electron chi connectivity index (χ1n) is 3.44. The SMILES string of the molecule is CC(C)(NC(=O)C(=O)NN)C(N)=O. The van der Waals surface area contributed by atoms with Crippen LogP contribution in [-0.2, 0) is 14.4 Å². The minimum atomic E-state index is -1.27. The maximum atomic E-state index is 10.9. The summed E-state index contributed by atoms with van der Waals surface area (Å²) in [6.07, 6.45) is 0. The van der Waals surface area contributed by atoms with E-state index in [9.17, 15) is 14.4 Å². The molecular formula is C6H12N4O3. The lowest BCUT2D eigenvalue weighted by molar-refractivity contribution is -0.141. The molecule has 3 amide bonds. The van der Waals surface area contributed by atoms with Crippen molar-refractivity contribution in [3.63, 3.8) is 0 Å². The molecule has 0 radical (unpaired) electrons. The van der Waals surface area contributed by atoms with E-state index < -0.39 is 23.3 Å². The standard InChI is InChI=1S/C6H12N4O3/c1-6(2,5(7)13)9-3(11)4(12)10-8/h8H2,1-2H3,(H2,7,13)(H,9,11)(H,10,12). The molecule has 0 bridgehead atoms. The molecule has 0 aliphatic heterocycles. The predicted octanol–water partition coefficient (Wildman–Crippen LogP) is -2.64. The summed E-state index contributed by atoms with van der Waals surface area (Å²) in [6.45, 7) is 2.74. The van der Waals surface area contributed by atoms with Crippen molar-refractivity contribution in [3.8, 4) is 0 Å². The van der Waals surface area contributed by atoms with Crippen LogP contribution in [0.4, 0.5) is 0 Å². The number of carbonyl (C=O) groups excluding carboxylic acids is 3. The van der Waals surface area contributed by atoms with Crippen molar-refractivity contribution in [1.29, 1.82) is 0 Å². The largest absolute Gasteiger partial charge is 0.368 e. The summed E-state index contributed by atoms with van der Waals surface area (Å²) in [5, 5.41) is 2.10. The van der Waals surface area contributed by atoms with E-state index in [-0.39, 0.29) is 0 Å². The van der Waals surface area contributed by atoms with Crippen LogP contribution in [0.25, 0.3) is 0 Å². The van der Waals surface area contributed by atoms with Gasteiger partial charge >= 0.3 is 11.8 Å². The number of hydrogen-bond acceptors (Lipinski definition) is 4. The van der Waals surface area contributed by atoms with Gasteiger partial charge in [0.1, 0.15) is 5.54 Å². The lowest BCUT2D eigenvalue weighted by Crippen LogP contribution is -2.57. The topological polar surface area (TPSA) is 127 Å². The van der Waals surface area contributed by atoms with Crippen LogP contribution in [0.5, 0.6) is 0 Å². The number of amides is 3. The minimum Gasteiger partial charge on any atom is -0.368 e. The van der Waals surface area contributed by atoms with E-state index in [1.54, 1.807) is 5.43 Å².